The van der Waals surface area contributed by atoms with E-state index in [9.17, 15) is 9.59 Å². The second kappa shape index (κ2) is 6.41. The van der Waals surface area contributed by atoms with Crippen molar-refractivity contribution in [2.24, 2.45) is 7.05 Å². The van der Waals surface area contributed by atoms with Gasteiger partial charge in [0.15, 0.2) is 0 Å². The number of hydrogen-bond donors (Lipinski definition) is 1. The largest absolute Gasteiger partial charge is 0.322 e. The van der Waals surface area contributed by atoms with Crippen LogP contribution in [0.3, 0.4) is 0 Å². The molecule has 2 heterocycles. The van der Waals surface area contributed by atoms with Crippen LogP contribution in [0.5, 0.6) is 0 Å². The van der Waals surface area contributed by atoms with Gasteiger partial charge in [0.2, 0.25) is 0 Å². The first-order valence-electron chi connectivity index (χ1n) is 8.92. The van der Waals surface area contributed by atoms with Crippen molar-refractivity contribution in [1.82, 2.24) is 9.55 Å². The van der Waals surface area contributed by atoms with Crippen molar-refractivity contribution < 1.29 is 4.79 Å². The average molecular weight is 347 g/mol. The molecule has 5 nitrogen and oxygen atoms in total. The summed E-state index contributed by atoms with van der Waals surface area (Å²) in [5.74, 6) is -0.128. The SMILES string of the molecule is Cc1cc2cc(NC(=O)c3cncc4c3CCCC4)ccc2n(C)c1=O. The van der Waals surface area contributed by atoms with Gasteiger partial charge in [-0.1, -0.05) is 0 Å². The van der Waals surface area contributed by atoms with E-state index in [4.69, 9.17) is 0 Å². The molecule has 132 valence electrons. The molecule has 0 unspecified atom stereocenters. The number of fused-ring (bicyclic) bond motifs is 2. The van der Waals surface area contributed by atoms with E-state index in [0.717, 1.165) is 42.1 Å². The summed E-state index contributed by atoms with van der Waals surface area (Å²) in [5, 5.41) is 3.91. The molecule has 1 aliphatic rings. The van der Waals surface area contributed by atoms with Crippen LogP contribution in [0.4, 0.5) is 5.69 Å². The molecule has 1 aliphatic carbocycles. The summed E-state index contributed by atoms with van der Waals surface area (Å²) in [6.07, 6.45) is 7.73. The second-order valence-electron chi connectivity index (χ2n) is 6.95. The Hall–Kier alpha value is -2.95. The summed E-state index contributed by atoms with van der Waals surface area (Å²) in [5.41, 5.74) is 5.22. The first-order valence-corrected chi connectivity index (χ1v) is 8.92. The highest BCUT2D eigenvalue weighted by molar-refractivity contribution is 6.06. The minimum absolute atomic E-state index is 0.00345. The Bertz CT molecular complexity index is 1080. The molecule has 0 saturated heterocycles. The average Bonchev–Trinajstić information content (AvgIpc) is 2.65. The predicted molar refractivity (Wildman–Crippen MR) is 103 cm³/mol. The number of nitrogens with one attached hydrogen (secondary N) is 1. The first kappa shape index (κ1) is 16.5. The van der Waals surface area contributed by atoms with Gasteiger partial charge in [0, 0.05) is 36.1 Å². The molecule has 4 rings (SSSR count). The molecule has 5 heteroatoms. The number of aryl methyl sites for hydroxylation is 3. The van der Waals surface area contributed by atoms with Crippen LogP contribution in [0.2, 0.25) is 0 Å². The lowest BCUT2D eigenvalue weighted by Crippen LogP contribution is -2.20. The van der Waals surface area contributed by atoms with Crippen molar-refractivity contribution in [3.8, 4) is 0 Å². The molecular weight excluding hydrogens is 326 g/mol. The van der Waals surface area contributed by atoms with Crippen molar-refractivity contribution in [3.63, 3.8) is 0 Å². The van der Waals surface area contributed by atoms with Crippen molar-refractivity contribution in [2.75, 3.05) is 5.32 Å². The molecule has 0 saturated carbocycles. The Morgan fingerprint density at radius 1 is 1.15 bits per heavy atom. The number of rotatable bonds is 2. The van der Waals surface area contributed by atoms with E-state index in [2.05, 4.69) is 10.3 Å². The molecule has 1 N–H and O–H groups in total. The highest BCUT2D eigenvalue weighted by Gasteiger charge is 2.18. The van der Waals surface area contributed by atoms with Gasteiger partial charge in [-0.15, -0.1) is 0 Å². The standard InChI is InChI=1S/C21H21N3O2/c1-13-9-15-10-16(7-8-19(15)24(2)21(13)26)23-20(25)18-12-22-11-14-5-3-4-6-17(14)18/h7-12H,3-6H2,1-2H3,(H,23,25). The third-order valence-electron chi connectivity index (χ3n) is 5.18. The number of pyridine rings is 2. The van der Waals surface area contributed by atoms with Crippen LogP contribution in [0.1, 0.15) is 39.9 Å². The van der Waals surface area contributed by atoms with Gasteiger partial charge in [-0.25, -0.2) is 0 Å². The number of carbonyl (C=O) groups excluding carboxylic acids is 1. The fraction of sp³-hybridized carbons (Fsp3) is 0.286. The van der Waals surface area contributed by atoms with Gasteiger partial charge in [-0.3, -0.25) is 14.6 Å². The van der Waals surface area contributed by atoms with Crippen molar-refractivity contribution in [2.45, 2.75) is 32.6 Å². The van der Waals surface area contributed by atoms with Gasteiger partial charge < -0.3 is 9.88 Å². The summed E-state index contributed by atoms with van der Waals surface area (Å²) in [7, 11) is 1.76. The van der Waals surface area contributed by atoms with Gasteiger partial charge >= 0.3 is 0 Å². The van der Waals surface area contributed by atoms with Gasteiger partial charge in [0.25, 0.3) is 11.5 Å². The Morgan fingerprint density at radius 3 is 2.81 bits per heavy atom. The number of hydrogen-bond acceptors (Lipinski definition) is 3. The summed E-state index contributed by atoms with van der Waals surface area (Å²) in [6, 6.07) is 7.46. The fourth-order valence-corrected chi connectivity index (χ4v) is 3.77. The Balaban J connectivity index is 1.68. The van der Waals surface area contributed by atoms with Crippen LogP contribution < -0.4 is 10.9 Å². The van der Waals surface area contributed by atoms with Gasteiger partial charge in [0.05, 0.1) is 11.1 Å². The maximum atomic E-state index is 12.8. The van der Waals surface area contributed by atoms with Gasteiger partial charge in [-0.2, -0.15) is 0 Å². The number of amides is 1. The zero-order chi connectivity index (χ0) is 18.3. The third-order valence-corrected chi connectivity index (χ3v) is 5.18. The Morgan fingerprint density at radius 2 is 1.96 bits per heavy atom. The maximum Gasteiger partial charge on any atom is 0.257 e. The monoisotopic (exact) mass is 347 g/mol. The molecule has 0 atom stereocenters. The van der Waals surface area contributed by atoms with Crippen LogP contribution in [0.25, 0.3) is 10.9 Å². The number of aromatic nitrogens is 2. The normalized spacial score (nSPS) is 13.5. The molecule has 0 spiro atoms. The Kier molecular flexibility index (Phi) is 4.07. The molecule has 26 heavy (non-hydrogen) atoms. The summed E-state index contributed by atoms with van der Waals surface area (Å²) in [6.45, 7) is 1.80. The van der Waals surface area contributed by atoms with E-state index in [1.807, 2.05) is 30.5 Å². The van der Waals surface area contributed by atoms with Crippen LogP contribution >= 0.6 is 0 Å². The molecule has 2 aromatic heterocycles. The number of benzene rings is 1. The number of anilines is 1. The molecule has 1 aromatic carbocycles. The van der Waals surface area contributed by atoms with Crippen LogP contribution in [-0.4, -0.2) is 15.5 Å². The third kappa shape index (κ3) is 2.79. The van der Waals surface area contributed by atoms with Crippen LogP contribution in [-0.2, 0) is 19.9 Å². The second-order valence-corrected chi connectivity index (χ2v) is 6.95. The minimum Gasteiger partial charge on any atom is -0.322 e. The predicted octanol–water partition coefficient (Wildman–Crippen LogP) is 3.37. The first-order chi connectivity index (χ1) is 12.5. The van der Waals surface area contributed by atoms with Crippen molar-refractivity contribution >= 4 is 22.5 Å². The number of nitrogens with zero attached hydrogens (tertiary/aromatic N) is 2. The number of carbonyl (C=O) groups is 1. The molecule has 0 radical (unpaired) electrons. The maximum absolute atomic E-state index is 12.8. The summed E-state index contributed by atoms with van der Waals surface area (Å²) in [4.78, 5) is 29.1. The van der Waals surface area contributed by atoms with Crippen molar-refractivity contribution in [1.29, 1.82) is 0 Å². The van der Waals surface area contributed by atoms with E-state index < -0.39 is 0 Å². The quantitative estimate of drug-likeness (QED) is 0.773. The van der Waals surface area contributed by atoms with Gasteiger partial charge in [0.1, 0.15) is 0 Å². The fourth-order valence-electron chi connectivity index (χ4n) is 3.77. The lowest BCUT2D eigenvalue weighted by atomic mass is 9.90. The topological polar surface area (TPSA) is 64.0 Å². The minimum atomic E-state index is -0.128. The van der Waals surface area contributed by atoms with E-state index in [1.165, 1.54) is 5.56 Å². The lowest BCUT2D eigenvalue weighted by Gasteiger charge is -2.18. The zero-order valence-electron chi connectivity index (χ0n) is 15.0. The zero-order valence-corrected chi connectivity index (χ0v) is 15.0. The smallest absolute Gasteiger partial charge is 0.257 e. The van der Waals surface area contributed by atoms with E-state index in [1.54, 1.807) is 24.7 Å². The van der Waals surface area contributed by atoms with Crippen LogP contribution in [0.15, 0.2) is 41.5 Å². The highest BCUT2D eigenvalue weighted by Crippen LogP contribution is 2.25. The van der Waals surface area contributed by atoms with Gasteiger partial charge in [-0.05, 0) is 68.0 Å². The lowest BCUT2D eigenvalue weighted by molar-refractivity contribution is 0.102. The summed E-state index contributed by atoms with van der Waals surface area (Å²) < 4.78 is 1.63. The van der Waals surface area contributed by atoms with E-state index >= 15 is 0 Å². The van der Waals surface area contributed by atoms with Crippen LogP contribution in [0, 0.1) is 6.92 Å². The molecular formula is C21H21N3O2. The molecule has 0 aliphatic heterocycles. The van der Waals surface area contributed by atoms with E-state index in [0.29, 0.717) is 16.8 Å². The molecule has 3 aromatic rings. The summed E-state index contributed by atoms with van der Waals surface area (Å²) >= 11 is 0. The Labute approximate surface area is 151 Å². The highest BCUT2D eigenvalue weighted by atomic mass is 16.1. The molecule has 0 fully saturated rings. The van der Waals surface area contributed by atoms with Crippen molar-refractivity contribution in [3.05, 3.63) is 69.3 Å². The van der Waals surface area contributed by atoms with E-state index in [-0.39, 0.29) is 11.5 Å². The molecule has 0 bridgehead atoms. The molecule has 1 amide bonds.